The topological polar surface area (TPSA) is 50.2 Å². The van der Waals surface area contributed by atoms with Crippen LogP contribution in [-0.4, -0.2) is 16.1 Å². The molecule has 0 saturated carbocycles. The molecule has 0 aliphatic carbocycles. The zero-order valence-electron chi connectivity index (χ0n) is 13.8. The minimum atomic E-state index is -0.915. The molecule has 0 aliphatic heterocycles. The van der Waals surface area contributed by atoms with E-state index in [4.69, 9.17) is 5.11 Å². The second kappa shape index (κ2) is 9.70. The van der Waals surface area contributed by atoms with Crippen LogP contribution >= 0.6 is 0 Å². The Bertz CT molecular complexity index is 560. The van der Waals surface area contributed by atoms with Crippen LogP contribution in [0.15, 0.2) is 36.5 Å². The summed E-state index contributed by atoms with van der Waals surface area (Å²) in [6, 6.07) is 9.10. The lowest BCUT2D eigenvalue weighted by molar-refractivity contribution is 0.0697. The third-order valence-corrected chi connectivity index (χ3v) is 2.53. The zero-order valence-corrected chi connectivity index (χ0v) is 13.8. The molecule has 1 aromatic heterocycles. The van der Waals surface area contributed by atoms with Gasteiger partial charge in [-0.3, -0.25) is 4.98 Å². The van der Waals surface area contributed by atoms with Gasteiger partial charge in [-0.15, -0.1) is 0 Å². The maximum absolute atomic E-state index is 11.0. The Hall–Kier alpha value is -2.16. The summed E-state index contributed by atoms with van der Waals surface area (Å²) in [4.78, 5) is 15.3. The molecule has 0 aliphatic rings. The molecule has 0 radical (unpaired) electrons. The summed E-state index contributed by atoms with van der Waals surface area (Å²) in [5, 5.41) is 9.00. The first-order valence-corrected chi connectivity index (χ1v) is 7.34. The second-order valence-corrected chi connectivity index (χ2v) is 4.11. The SMILES string of the molecule is CC.CC.Cc1ccc(-c2cc(C)cc(C(=O)O)c2)nc1. The largest absolute Gasteiger partial charge is 0.478 e. The number of nitrogens with zero attached hydrogens (tertiary/aromatic N) is 1. The van der Waals surface area contributed by atoms with Gasteiger partial charge in [-0.05, 0) is 49.2 Å². The predicted octanol–water partition coefficient (Wildman–Crippen LogP) is 5.12. The van der Waals surface area contributed by atoms with Gasteiger partial charge < -0.3 is 5.11 Å². The molecule has 21 heavy (non-hydrogen) atoms. The van der Waals surface area contributed by atoms with E-state index in [2.05, 4.69) is 4.98 Å². The monoisotopic (exact) mass is 287 g/mol. The smallest absolute Gasteiger partial charge is 0.335 e. The Balaban J connectivity index is 0.000000921. The number of carboxylic acids is 1. The van der Waals surface area contributed by atoms with Crippen LogP contribution in [0.4, 0.5) is 0 Å². The van der Waals surface area contributed by atoms with Gasteiger partial charge in [0.25, 0.3) is 0 Å². The predicted molar refractivity (Wildman–Crippen MR) is 88.8 cm³/mol. The van der Waals surface area contributed by atoms with Gasteiger partial charge in [0, 0.05) is 11.8 Å². The van der Waals surface area contributed by atoms with E-state index in [1.54, 1.807) is 18.3 Å². The van der Waals surface area contributed by atoms with Crippen molar-refractivity contribution >= 4 is 5.97 Å². The molecule has 0 amide bonds. The average molecular weight is 287 g/mol. The third kappa shape index (κ3) is 5.78. The first-order valence-electron chi connectivity index (χ1n) is 7.34. The molecule has 114 valence electrons. The molecule has 1 aromatic carbocycles. The van der Waals surface area contributed by atoms with Gasteiger partial charge in [0.2, 0.25) is 0 Å². The van der Waals surface area contributed by atoms with Gasteiger partial charge in [0.1, 0.15) is 0 Å². The normalized spacial score (nSPS) is 8.86. The molecule has 0 saturated heterocycles. The van der Waals surface area contributed by atoms with Gasteiger partial charge in [-0.1, -0.05) is 33.8 Å². The lowest BCUT2D eigenvalue weighted by Crippen LogP contribution is -1.97. The summed E-state index contributed by atoms with van der Waals surface area (Å²) < 4.78 is 0. The third-order valence-electron chi connectivity index (χ3n) is 2.53. The van der Waals surface area contributed by atoms with Crippen molar-refractivity contribution < 1.29 is 9.90 Å². The van der Waals surface area contributed by atoms with Crippen molar-refractivity contribution in [3.8, 4) is 11.3 Å². The Kier molecular flexibility index (Phi) is 8.70. The van der Waals surface area contributed by atoms with Gasteiger partial charge in [-0.2, -0.15) is 0 Å². The average Bonchev–Trinajstić information content (AvgIpc) is 2.51. The van der Waals surface area contributed by atoms with Crippen LogP contribution in [0.3, 0.4) is 0 Å². The quantitative estimate of drug-likeness (QED) is 0.834. The summed E-state index contributed by atoms with van der Waals surface area (Å²) in [6.07, 6.45) is 1.78. The number of aryl methyl sites for hydroxylation is 2. The summed E-state index contributed by atoms with van der Waals surface area (Å²) in [5.74, 6) is -0.915. The van der Waals surface area contributed by atoms with Crippen LogP contribution in [0.5, 0.6) is 0 Å². The standard InChI is InChI=1S/C14H13NO2.2C2H6/c1-9-3-4-13(15-8-9)11-5-10(2)6-12(7-11)14(16)17;2*1-2/h3-8H,1-2H3,(H,16,17);2*1-2H3. The van der Waals surface area contributed by atoms with Crippen molar-refractivity contribution in [1.82, 2.24) is 4.98 Å². The molecule has 2 rings (SSSR count). The van der Waals surface area contributed by atoms with Crippen molar-refractivity contribution in [3.63, 3.8) is 0 Å². The molecule has 0 unspecified atom stereocenters. The molecule has 0 atom stereocenters. The van der Waals surface area contributed by atoms with Gasteiger partial charge in [-0.25, -0.2) is 4.79 Å². The number of aromatic carboxylic acids is 1. The highest BCUT2D eigenvalue weighted by molar-refractivity contribution is 5.89. The van der Waals surface area contributed by atoms with Crippen molar-refractivity contribution in [2.75, 3.05) is 0 Å². The molecule has 3 heteroatoms. The molecular weight excluding hydrogens is 262 g/mol. The van der Waals surface area contributed by atoms with Gasteiger partial charge >= 0.3 is 5.97 Å². The van der Waals surface area contributed by atoms with E-state index < -0.39 is 5.97 Å². The molecule has 1 N–H and O–H groups in total. The van der Waals surface area contributed by atoms with E-state index in [-0.39, 0.29) is 0 Å². The Labute approximate surface area is 127 Å². The Morgan fingerprint density at radius 2 is 1.57 bits per heavy atom. The first-order chi connectivity index (χ1) is 10.1. The van der Waals surface area contributed by atoms with Crippen LogP contribution in [0.25, 0.3) is 11.3 Å². The zero-order chi connectivity index (χ0) is 16.4. The van der Waals surface area contributed by atoms with Crippen LogP contribution in [0, 0.1) is 13.8 Å². The van der Waals surface area contributed by atoms with E-state index in [1.165, 1.54) is 0 Å². The summed E-state index contributed by atoms with van der Waals surface area (Å²) >= 11 is 0. The van der Waals surface area contributed by atoms with E-state index in [9.17, 15) is 4.79 Å². The van der Waals surface area contributed by atoms with Gasteiger partial charge in [0.15, 0.2) is 0 Å². The maximum atomic E-state index is 11.0. The fourth-order valence-corrected chi connectivity index (χ4v) is 1.69. The number of hydrogen-bond acceptors (Lipinski definition) is 2. The molecule has 0 fully saturated rings. The van der Waals surface area contributed by atoms with Gasteiger partial charge in [0.05, 0.1) is 11.3 Å². The number of pyridine rings is 1. The minimum Gasteiger partial charge on any atom is -0.478 e. The van der Waals surface area contributed by atoms with Crippen molar-refractivity contribution in [2.24, 2.45) is 0 Å². The van der Waals surface area contributed by atoms with Crippen LogP contribution in [0.1, 0.15) is 49.2 Å². The van der Waals surface area contributed by atoms with Crippen molar-refractivity contribution in [2.45, 2.75) is 41.5 Å². The molecule has 3 nitrogen and oxygen atoms in total. The molecule has 1 heterocycles. The summed E-state index contributed by atoms with van der Waals surface area (Å²) in [5.41, 5.74) is 3.92. The number of hydrogen-bond donors (Lipinski definition) is 1. The molecular formula is C18H25NO2. The van der Waals surface area contributed by atoms with Crippen LogP contribution < -0.4 is 0 Å². The number of aromatic nitrogens is 1. The Morgan fingerprint density at radius 1 is 0.952 bits per heavy atom. The van der Waals surface area contributed by atoms with E-state index in [0.29, 0.717) is 5.56 Å². The van der Waals surface area contributed by atoms with E-state index in [1.807, 2.05) is 59.7 Å². The molecule has 0 bridgehead atoms. The van der Waals surface area contributed by atoms with E-state index in [0.717, 1.165) is 22.4 Å². The number of carbonyl (C=O) groups is 1. The van der Waals surface area contributed by atoms with Crippen molar-refractivity contribution in [3.05, 3.63) is 53.2 Å². The van der Waals surface area contributed by atoms with E-state index >= 15 is 0 Å². The number of rotatable bonds is 2. The first kappa shape index (κ1) is 18.8. The Morgan fingerprint density at radius 3 is 2.05 bits per heavy atom. The minimum absolute atomic E-state index is 0.294. The maximum Gasteiger partial charge on any atom is 0.335 e. The second-order valence-electron chi connectivity index (χ2n) is 4.11. The highest BCUT2D eigenvalue weighted by Crippen LogP contribution is 2.20. The highest BCUT2D eigenvalue weighted by atomic mass is 16.4. The molecule has 0 spiro atoms. The number of benzene rings is 1. The number of carboxylic acid groups (broad SMARTS) is 1. The van der Waals surface area contributed by atoms with Crippen LogP contribution in [0.2, 0.25) is 0 Å². The summed E-state index contributed by atoms with van der Waals surface area (Å²) in [6.45, 7) is 11.8. The lowest BCUT2D eigenvalue weighted by atomic mass is 10.0. The highest BCUT2D eigenvalue weighted by Gasteiger charge is 2.07. The van der Waals surface area contributed by atoms with Crippen LogP contribution in [-0.2, 0) is 0 Å². The fraction of sp³-hybridized carbons (Fsp3) is 0.333. The fourth-order valence-electron chi connectivity index (χ4n) is 1.69. The lowest BCUT2D eigenvalue weighted by Gasteiger charge is -2.05. The summed E-state index contributed by atoms with van der Waals surface area (Å²) in [7, 11) is 0. The molecule has 2 aromatic rings. The van der Waals surface area contributed by atoms with Crippen molar-refractivity contribution in [1.29, 1.82) is 0 Å².